The van der Waals surface area contributed by atoms with Gasteiger partial charge in [-0.25, -0.2) is 5.09 Å². The van der Waals surface area contributed by atoms with Gasteiger partial charge >= 0.3 is 7.59 Å². The van der Waals surface area contributed by atoms with E-state index in [1.807, 2.05) is 72.9 Å². The minimum absolute atomic E-state index is 0.148. The fourth-order valence-corrected chi connectivity index (χ4v) is 8.37. The summed E-state index contributed by atoms with van der Waals surface area (Å²) in [5.41, 5.74) is 3.43. The standard InChI is InChI=1S/C33H38N5O3P/c1-4-23-22-38-20-18-24(23)21-32(38)33(30-17-19-34-31-8-6-5-7-29(30)31)37-42(39,35-25-9-13-27(40-2)14-10-25)36-26-11-15-28(41-3)16-12-26/h4-17,19,23-24,32-33H,1,18,20-22H2,2-3H3,(H3,35,36,37,39)/t23-,24-,32+,33-/m0/s1. The zero-order chi connectivity index (χ0) is 29.1. The Bertz CT molecular complexity index is 1520. The Labute approximate surface area is 247 Å². The molecule has 1 unspecified atom stereocenters. The van der Waals surface area contributed by atoms with E-state index in [4.69, 9.17) is 9.47 Å². The van der Waals surface area contributed by atoms with Crippen LogP contribution in [0.1, 0.15) is 24.4 Å². The van der Waals surface area contributed by atoms with Gasteiger partial charge < -0.3 is 19.6 Å². The predicted molar refractivity (Wildman–Crippen MR) is 170 cm³/mol. The zero-order valence-corrected chi connectivity index (χ0v) is 25.0. The third kappa shape index (κ3) is 5.88. The lowest BCUT2D eigenvalue weighted by molar-refractivity contribution is 0.00484. The first-order valence-electron chi connectivity index (χ1n) is 14.4. The average molecular weight is 584 g/mol. The molecule has 4 heterocycles. The second kappa shape index (κ2) is 12.2. The van der Waals surface area contributed by atoms with E-state index < -0.39 is 7.59 Å². The first kappa shape index (κ1) is 28.3. The summed E-state index contributed by atoms with van der Waals surface area (Å²) >= 11 is 0. The molecular weight excluding hydrogens is 545 g/mol. The monoisotopic (exact) mass is 583 g/mol. The highest BCUT2D eigenvalue weighted by molar-refractivity contribution is 7.64. The van der Waals surface area contributed by atoms with Gasteiger partial charge in [-0.1, -0.05) is 24.3 Å². The second-order valence-corrected chi connectivity index (χ2v) is 13.0. The molecule has 4 aromatic rings. The fraction of sp³-hybridized carbons (Fsp3) is 0.303. The van der Waals surface area contributed by atoms with Crippen molar-refractivity contribution in [3.05, 3.63) is 103 Å². The van der Waals surface area contributed by atoms with Crippen LogP contribution in [-0.2, 0) is 4.57 Å². The molecule has 0 spiro atoms. The van der Waals surface area contributed by atoms with Gasteiger partial charge in [0.05, 0.1) is 25.8 Å². The van der Waals surface area contributed by atoms with Crippen molar-refractivity contribution < 1.29 is 14.0 Å². The van der Waals surface area contributed by atoms with Gasteiger partial charge in [-0.2, -0.15) is 0 Å². The lowest BCUT2D eigenvalue weighted by Crippen LogP contribution is -2.56. The number of hydrogen-bond acceptors (Lipinski definition) is 5. The van der Waals surface area contributed by atoms with E-state index in [-0.39, 0.29) is 12.1 Å². The third-order valence-corrected chi connectivity index (χ3v) is 10.4. The van der Waals surface area contributed by atoms with Crippen LogP contribution in [0.3, 0.4) is 0 Å². The number of ether oxygens (including phenoxy) is 2. The summed E-state index contributed by atoms with van der Waals surface area (Å²) in [7, 11) is -0.254. The number of methoxy groups -OCH3 is 2. The first-order chi connectivity index (χ1) is 20.5. The molecule has 5 atom stereocenters. The molecule has 8 nitrogen and oxygen atoms in total. The Hall–Kier alpha value is -3.84. The van der Waals surface area contributed by atoms with E-state index in [1.165, 1.54) is 0 Å². The van der Waals surface area contributed by atoms with Gasteiger partial charge in [0.2, 0.25) is 0 Å². The van der Waals surface area contributed by atoms with Crippen molar-refractivity contribution >= 4 is 29.9 Å². The van der Waals surface area contributed by atoms with Gasteiger partial charge in [0.1, 0.15) is 11.5 Å². The molecule has 1 aromatic heterocycles. The highest BCUT2D eigenvalue weighted by Gasteiger charge is 2.44. The summed E-state index contributed by atoms with van der Waals surface area (Å²) in [6.45, 7) is 6.09. The first-order valence-corrected chi connectivity index (χ1v) is 16.1. The van der Waals surface area contributed by atoms with Crippen LogP contribution in [0.4, 0.5) is 11.4 Å². The zero-order valence-electron chi connectivity index (χ0n) is 24.1. The number of aromatic nitrogens is 1. The Kier molecular flexibility index (Phi) is 8.20. The predicted octanol–water partition coefficient (Wildman–Crippen LogP) is 7.11. The maximum absolute atomic E-state index is 15.1. The number of rotatable bonds is 11. The fourth-order valence-electron chi connectivity index (χ4n) is 6.46. The molecule has 0 radical (unpaired) electrons. The van der Waals surface area contributed by atoms with E-state index in [0.29, 0.717) is 23.2 Å². The van der Waals surface area contributed by atoms with Crippen molar-refractivity contribution in [3.63, 3.8) is 0 Å². The van der Waals surface area contributed by atoms with Crippen molar-refractivity contribution in [2.75, 3.05) is 37.5 Å². The third-order valence-electron chi connectivity index (χ3n) is 8.63. The average Bonchev–Trinajstić information content (AvgIpc) is 3.04. The molecule has 9 heteroatoms. The minimum atomic E-state index is -3.52. The van der Waals surface area contributed by atoms with Crippen molar-refractivity contribution in [1.82, 2.24) is 15.0 Å². The number of piperidine rings is 3. The maximum atomic E-state index is 15.1. The molecule has 3 N–H and O–H groups in total. The SMILES string of the molecule is C=C[C@H]1CN2CC[C@H]1C[C@@H]2[C@@H](NP(=O)(Nc1ccc(OC)cc1)Nc1ccc(OC)cc1)c1ccnc2ccccc12. The van der Waals surface area contributed by atoms with Crippen molar-refractivity contribution in [1.29, 1.82) is 0 Å². The molecular formula is C33H38N5O3P. The normalized spacial score (nSPS) is 22.3. The van der Waals surface area contributed by atoms with Crippen LogP contribution in [-0.4, -0.2) is 43.2 Å². The summed E-state index contributed by atoms with van der Waals surface area (Å²) in [6, 6.07) is 25.1. The molecule has 0 aliphatic carbocycles. The molecule has 3 aromatic carbocycles. The van der Waals surface area contributed by atoms with Gasteiger partial charge in [-0.3, -0.25) is 14.4 Å². The largest absolute Gasteiger partial charge is 0.497 e. The molecule has 0 amide bonds. The number of hydrogen-bond donors (Lipinski definition) is 3. The van der Waals surface area contributed by atoms with E-state index in [0.717, 1.165) is 53.9 Å². The van der Waals surface area contributed by atoms with Crippen molar-refractivity contribution in [3.8, 4) is 11.5 Å². The summed E-state index contributed by atoms with van der Waals surface area (Å²) in [5.74, 6) is 2.50. The van der Waals surface area contributed by atoms with Crippen LogP contribution >= 0.6 is 7.59 Å². The number of para-hydroxylation sites is 1. The van der Waals surface area contributed by atoms with Crippen LogP contribution in [0, 0.1) is 11.8 Å². The molecule has 3 aliphatic rings. The number of anilines is 2. The van der Waals surface area contributed by atoms with Gasteiger partial charge in [0.25, 0.3) is 0 Å². The molecule has 3 saturated heterocycles. The second-order valence-electron chi connectivity index (χ2n) is 11.1. The highest BCUT2D eigenvalue weighted by atomic mass is 31.2. The number of nitrogens with one attached hydrogen (secondary N) is 3. The summed E-state index contributed by atoms with van der Waals surface area (Å²) in [6.07, 6.45) is 6.12. The minimum Gasteiger partial charge on any atom is -0.497 e. The topological polar surface area (TPSA) is 87.8 Å². The number of nitrogens with zero attached hydrogens (tertiary/aromatic N) is 2. The molecule has 218 valence electrons. The van der Waals surface area contributed by atoms with Crippen LogP contribution in [0.25, 0.3) is 10.9 Å². The maximum Gasteiger partial charge on any atom is 0.328 e. The van der Waals surface area contributed by atoms with Crippen LogP contribution in [0.5, 0.6) is 11.5 Å². The van der Waals surface area contributed by atoms with Gasteiger partial charge in [-0.15, -0.1) is 6.58 Å². The number of benzene rings is 3. The number of pyridine rings is 1. The lowest BCUT2D eigenvalue weighted by Gasteiger charge is -2.52. The Morgan fingerprint density at radius 3 is 2.17 bits per heavy atom. The summed E-state index contributed by atoms with van der Waals surface area (Å²) < 4.78 is 25.8. The highest BCUT2D eigenvalue weighted by Crippen LogP contribution is 2.49. The van der Waals surface area contributed by atoms with Crippen molar-refractivity contribution in [2.45, 2.75) is 24.9 Å². The van der Waals surface area contributed by atoms with Gasteiger partial charge in [-0.05, 0) is 97.4 Å². The Morgan fingerprint density at radius 1 is 0.952 bits per heavy atom. The molecule has 42 heavy (non-hydrogen) atoms. The van der Waals surface area contributed by atoms with E-state index in [1.54, 1.807) is 14.2 Å². The Balaban J connectivity index is 1.41. The summed E-state index contributed by atoms with van der Waals surface area (Å²) in [5, 5.41) is 11.4. The van der Waals surface area contributed by atoms with Gasteiger partial charge in [0.15, 0.2) is 0 Å². The van der Waals surface area contributed by atoms with E-state index in [2.05, 4.69) is 49.9 Å². The molecule has 3 fully saturated rings. The Morgan fingerprint density at radius 2 is 1.60 bits per heavy atom. The molecule has 2 bridgehead atoms. The molecule has 7 rings (SSSR count). The van der Waals surface area contributed by atoms with Crippen LogP contribution in [0.15, 0.2) is 97.7 Å². The van der Waals surface area contributed by atoms with E-state index >= 15 is 4.57 Å². The van der Waals surface area contributed by atoms with Crippen molar-refractivity contribution in [2.24, 2.45) is 11.8 Å². The lowest BCUT2D eigenvalue weighted by atomic mass is 9.73. The van der Waals surface area contributed by atoms with Gasteiger partial charge in [0, 0.05) is 35.5 Å². The van der Waals surface area contributed by atoms with E-state index in [9.17, 15) is 0 Å². The molecule has 3 aliphatic heterocycles. The molecule has 0 saturated carbocycles. The smallest absolute Gasteiger partial charge is 0.328 e. The quantitative estimate of drug-likeness (QED) is 0.127. The summed E-state index contributed by atoms with van der Waals surface area (Å²) in [4.78, 5) is 7.17. The number of fused-ring (bicyclic) bond motifs is 4. The van der Waals surface area contributed by atoms with Crippen LogP contribution < -0.4 is 24.7 Å². The van der Waals surface area contributed by atoms with Crippen LogP contribution in [0.2, 0.25) is 0 Å².